The Kier molecular flexibility index (Phi) is 5.79. The van der Waals surface area contributed by atoms with Crippen LogP contribution in [0, 0.1) is 6.92 Å². The summed E-state index contributed by atoms with van der Waals surface area (Å²) >= 11 is 0. The molecule has 2 aromatic heterocycles. The number of halogens is 2. The number of benzene rings is 1. The van der Waals surface area contributed by atoms with Crippen LogP contribution in [0.25, 0.3) is 5.69 Å². The molecule has 0 bridgehead atoms. The molecule has 0 spiro atoms. The van der Waals surface area contributed by atoms with Crippen LogP contribution in [-0.4, -0.2) is 57.5 Å². The molecule has 1 fully saturated rings. The Balaban J connectivity index is 1.44. The lowest BCUT2D eigenvalue weighted by Gasteiger charge is -2.32. The normalized spacial score (nSPS) is 14.4. The van der Waals surface area contributed by atoms with E-state index in [2.05, 4.69) is 15.3 Å². The topological polar surface area (TPSA) is 76.4 Å². The van der Waals surface area contributed by atoms with E-state index in [1.807, 2.05) is 11.8 Å². The smallest absolute Gasteiger partial charge is 0.263 e. The lowest BCUT2D eigenvalue weighted by Crippen LogP contribution is -2.48. The summed E-state index contributed by atoms with van der Waals surface area (Å²) in [5.74, 6) is 0.997. The minimum Gasteiger partial charge on any atom is -0.470 e. The van der Waals surface area contributed by atoms with Crippen molar-refractivity contribution in [2.24, 2.45) is 0 Å². The summed E-state index contributed by atoms with van der Waals surface area (Å²) in [5, 5.41) is 12.6. The van der Waals surface area contributed by atoms with Crippen molar-refractivity contribution in [3.63, 3.8) is 0 Å². The van der Waals surface area contributed by atoms with Crippen molar-refractivity contribution in [2.75, 3.05) is 31.6 Å². The maximum absolute atomic E-state index is 12.8. The van der Waals surface area contributed by atoms with E-state index in [0.717, 1.165) is 11.3 Å². The molecule has 0 radical (unpaired) electrons. The lowest BCUT2D eigenvalue weighted by atomic mass is 10.2. The molecule has 1 amide bonds. The SMILES string of the molecule is Cc1cnn(-c2ccc(C(F)F)cc2)c1COc1ccc(N2CCN(C)C(=O)C2)nn1. The molecule has 0 atom stereocenters. The van der Waals surface area contributed by atoms with Gasteiger partial charge in [0.05, 0.1) is 24.1 Å². The zero-order valence-electron chi connectivity index (χ0n) is 17.2. The number of ether oxygens (including phenoxy) is 1. The van der Waals surface area contributed by atoms with E-state index < -0.39 is 6.43 Å². The van der Waals surface area contributed by atoms with Crippen molar-refractivity contribution < 1.29 is 18.3 Å². The molecule has 0 unspecified atom stereocenters. The van der Waals surface area contributed by atoms with E-state index in [0.29, 0.717) is 30.5 Å². The first-order valence-electron chi connectivity index (χ1n) is 9.80. The first kappa shape index (κ1) is 20.7. The van der Waals surface area contributed by atoms with E-state index in [-0.39, 0.29) is 24.6 Å². The van der Waals surface area contributed by atoms with Gasteiger partial charge >= 0.3 is 0 Å². The third kappa shape index (κ3) is 4.47. The van der Waals surface area contributed by atoms with Gasteiger partial charge in [-0.2, -0.15) is 5.10 Å². The second kappa shape index (κ2) is 8.66. The van der Waals surface area contributed by atoms with Gasteiger partial charge in [-0.1, -0.05) is 12.1 Å². The molecule has 8 nitrogen and oxygen atoms in total. The largest absolute Gasteiger partial charge is 0.470 e. The molecule has 1 saturated heterocycles. The van der Waals surface area contributed by atoms with Gasteiger partial charge in [0, 0.05) is 31.8 Å². The van der Waals surface area contributed by atoms with E-state index in [1.165, 1.54) is 12.1 Å². The lowest BCUT2D eigenvalue weighted by molar-refractivity contribution is -0.129. The van der Waals surface area contributed by atoms with Gasteiger partial charge in [-0.05, 0) is 30.7 Å². The van der Waals surface area contributed by atoms with Crippen LogP contribution < -0.4 is 9.64 Å². The van der Waals surface area contributed by atoms with Gasteiger partial charge in [-0.3, -0.25) is 4.79 Å². The summed E-state index contributed by atoms with van der Waals surface area (Å²) in [4.78, 5) is 15.4. The highest BCUT2D eigenvalue weighted by atomic mass is 19.3. The minimum atomic E-state index is -2.51. The summed E-state index contributed by atoms with van der Waals surface area (Å²) in [6, 6.07) is 9.45. The number of alkyl halides is 2. The number of likely N-dealkylation sites (N-methyl/N-ethyl adjacent to an activating group) is 1. The van der Waals surface area contributed by atoms with Crippen molar-refractivity contribution in [2.45, 2.75) is 20.0 Å². The van der Waals surface area contributed by atoms with E-state index in [1.54, 1.807) is 47.1 Å². The number of carbonyl (C=O) groups is 1. The summed E-state index contributed by atoms with van der Waals surface area (Å²) in [6.45, 7) is 3.69. The third-order valence-electron chi connectivity index (χ3n) is 5.23. The number of rotatable bonds is 6. The number of amides is 1. The molecule has 10 heteroatoms. The van der Waals surface area contributed by atoms with Gasteiger partial charge in [-0.25, -0.2) is 13.5 Å². The Morgan fingerprint density at radius 2 is 1.87 bits per heavy atom. The van der Waals surface area contributed by atoms with Crippen molar-refractivity contribution in [1.82, 2.24) is 24.9 Å². The van der Waals surface area contributed by atoms with Crippen molar-refractivity contribution in [3.05, 3.63) is 59.4 Å². The van der Waals surface area contributed by atoms with Crippen LogP contribution in [0.15, 0.2) is 42.6 Å². The summed E-state index contributed by atoms with van der Waals surface area (Å²) in [7, 11) is 1.78. The maximum Gasteiger partial charge on any atom is 0.263 e. The Hall–Kier alpha value is -3.56. The van der Waals surface area contributed by atoms with Crippen molar-refractivity contribution in [3.8, 4) is 11.6 Å². The van der Waals surface area contributed by atoms with E-state index in [4.69, 9.17) is 4.74 Å². The first-order valence-corrected chi connectivity index (χ1v) is 9.80. The number of hydrogen-bond donors (Lipinski definition) is 0. The van der Waals surface area contributed by atoms with Crippen LogP contribution in [0.4, 0.5) is 14.6 Å². The number of nitrogens with zero attached hydrogens (tertiary/aromatic N) is 6. The highest BCUT2D eigenvalue weighted by Crippen LogP contribution is 2.22. The molecule has 0 N–H and O–H groups in total. The van der Waals surface area contributed by atoms with Crippen LogP contribution in [0.5, 0.6) is 5.88 Å². The molecule has 3 aromatic rings. The number of aromatic nitrogens is 4. The van der Waals surface area contributed by atoms with Crippen LogP contribution >= 0.6 is 0 Å². The predicted octanol–water partition coefficient (Wildman–Crippen LogP) is 2.77. The number of aryl methyl sites for hydroxylation is 1. The molecule has 162 valence electrons. The molecular formula is C21H22F2N6O2. The highest BCUT2D eigenvalue weighted by molar-refractivity contribution is 5.82. The van der Waals surface area contributed by atoms with Crippen LogP contribution in [-0.2, 0) is 11.4 Å². The first-order chi connectivity index (χ1) is 14.9. The van der Waals surface area contributed by atoms with Gasteiger partial charge in [0.15, 0.2) is 5.82 Å². The van der Waals surface area contributed by atoms with Gasteiger partial charge in [0.1, 0.15) is 6.61 Å². The van der Waals surface area contributed by atoms with Crippen LogP contribution in [0.3, 0.4) is 0 Å². The Morgan fingerprint density at radius 3 is 2.52 bits per heavy atom. The molecule has 1 aliphatic rings. The average Bonchev–Trinajstić information content (AvgIpc) is 3.15. The fourth-order valence-corrected chi connectivity index (χ4v) is 3.27. The molecule has 1 aromatic carbocycles. The minimum absolute atomic E-state index is 0.0390. The summed E-state index contributed by atoms with van der Waals surface area (Å²) in [6.07, 6.45) is -0.819. The Bertz CT molecular complexity index is 1050. The predicted molar refractivity (Wildman–Crippen MR) is 109 cm³/mol. The maximum atomic E-state index is 12.8. The van der Waals surface area contributed by atoms with E-state index >= 15 is 0 Å². The average molecular weight is 428 g/mol. The zero-order valence-corrected chi connectivity index (χ0v) is 17.2. The summed E-state index contributed by atoms with van der Waals surface area (Å²) in [5.41, 5.74) is 2.30. The fourth-order valence-electron chi connectivity index (χ4n) is 3.27. The molecular weight excluding hydrogens is 406 g/mol. The van der Waals surface area contributed by atoms with E-state index in [9.17, 15) is 13.6 Å². The molecule has 0 saturated carbocycles. The number of carbonyl (C=O) groups excluding carboxylic acids is 1. The van der Waals surface area contributed by atoms with Gasteiger partial charge in [0.25, 0.3) is 6.43 Å². The second-order valence-electron chi connectivity index (χ2n) is 7.33. The van der Waals surface area contributed by atoms with Crippen molar-refractivity contribution in [1.29, 1.82) is 0 Å². The standard InChI is InChI=1S/C21H22F2N6O2/c1-14-11-24-29(16-5-3-15(4-6-16)21(22)23)17(14)13-31-19-8-7-18(25-26-19)28-10-9-27(2)20(30)12-28/h3-8,11,21H,9-10,12-13H2,1-2H3. The van der Waals surface area contributed by atoms with Crippen LogP contribution in [0.2, 0.25) is 0 Å². The molecule has 0 aliphatic carbocycles. The van der Waals surface area contributed by atoms with Gasteiger partial charge in [-0.15, -0.1) is 10.2 Å². The highest BCUT2D eigenvalue weighted by Gasteiger charge is 2.22. The Morgan fingerprint density at radius 1 is 1.10 bits per heavy atom. The number of piperazine rings is 1. The quantitative estimate of drug-likeness (QED) is 0.601. The van der Waals surface area contributed by atoms with Gasteiger partial charge in [0.2, 0.25) is 11.8 Å². The molecule has 3 heterocycles. The monoisotopic (exact) mass is 428 g/mol. The second-order valence-corrected chi connectivity index (χ2v) is 7.33. The van der Waals surface area contributed by atoms with Gasteiger partial charge < -0.3 is 14.5 Å². The Labute approximate surface area is 178 Å². The molecule has 4 rings (SSSR count). The number of hydrogen-bond acceptors (Lipinski definition) is 6. The van der Waals surface area contributed by atoms with Crippen molar-refractivity contribution >= 4 is 11.7 Å². The third-order valence-corrected chi connectivity index (χ3v) is 5.23. The summed E-state index contributed by atoms with van der Waals surface area (Å²) < 4.78 is 33.0. The fraction of sp³-hybridized carbons (Fsp3) is 0.333. The molecule has 1 aliphatic heterocycles. The van der Waals surface area contributed by atoms with Crippen LogP contribution in [0.1, 0.15) is 23.2 Å². The molecule has 31 heavy (non-hydrogen) atoms. The number of anilines is 1. The zero-order chi connectivity index (χ0) is 22.0.